The minimum absolute atomic E-state index is 0.282. The van der Waals surface area contributed by atoms with Crippen LogP contribution in [0.1, 0.15) is 24.0 Å². The van der Waals surface area contributed by atoms with Crippen LogP contribution < -0.4 is 0 Å². The highest BCUT2D eigenvalue weighted by Crippen LogP contribution is 2.30. The second kappa shape index (κ2) is 6.63. The molecule has 0 N–H and O–H groups in total. The van der Waals surface area contributed by atoms with Crippen molar-refractivity contribution in [2.75, 3.05) is 13.1 Å². The average Bonchev–Trinajstić information content (AvgIpc) is 3.07. The molecule has 4 nitrogen and oxygen atoms in total. The van der Waals surface area contributed by atoms with Crippen LogP contribution in [0.5, 0.6) is 0 Å². The van der Waals surface area contributed by atoms with E-state index >= 15 is 0 Å². The van der Waals surface area contributed by atoms with Gasteiger partial charge in [0, 0.05) is 24.2 Å². The molecule has 1 aromatic carbocycles. The van der Waals surface area contributed by atoms with E-state index in [1.807, 2.05) is 0 Å². The van der Waals surface area contributed by atoms with E-state index in [2.05, 4.69) is 37.0 Å². The summed E-state index contributed by atoms with van der Waals surface area (Å²) in [5.41, 5.74) is 2.39. The van der Waals surface area contributed by atoms with Crippen molar-refractivity contribution in [2.24, 2.45) is 0 Å². The molecule has 2 heterocycles. The number of hydrogen-bond donors (Lipinski definition) is 0. The summed E-state index contributed by atoms with van der Waals surface area (Å²) < 4.78 is 26.5. The number of pyridine rings is 1. The third-order valence-corrected chi connectivity index (χ3v) is 6.96. The molecule has 0 saturated carbocycles. The molecule has 1 aliphatic rings. The SMILES string of the molecule is Cc1ccc(C)c(Sc2ccc(S(=O)(=O)N3CCCC3)cn2)c1. The molecular weight excluding hydrogens is 328 g/mol. The van der Waals surface area contributed by atoms with Crippen molar-refractivity contribution in [3.05, 3.63) is 47.7 Å². The van der Waals surface area contributed by atoms with Gasteiger partial charge in [0.15, 0.2) is 0 Å². The molecule has 1 aromatic heterocycles. The van der Waals surface area contributed by atoms with E-state index in [9.17, 15) is 8.42 Å². The summed E-state index contributed by atoms with van der Waals surface area (Å²) in [6, 6.07) is 9.74. The molecule has 0 amide bonds. The van der Waals surface area contributed by atoms with Crippen LogP contribution in [0.15, 0.2) is 51.3 Å². The Morgan fingerprint density at radius 3 is 2.48 bits per heavy atom. The Bertz CT molecular complexity index is 796. The van der Waals surface area contributed by atoms with Crippen LogP contribution in [0.25, 0.3) is 0 Å². The smallest absolute Gasteiger partial charge is 0.244 e. The summed E-state index contributed by atoms with van der Waals surface area (Å²) in [5.74, 6) is 0. The fourth-order valence-electron chi connectivity index (χ4n) is 2.59. The molecule has 0 aliphatic carbocycles. The van der Waals surface area contributed by atoms with Crippen molar-refractivity contribution < 1.29 is 8.42 Å². The van der Waals surface area contributed by atoms with E-state index < -0.39 is 10.0 Å². The molecule has 1 aliphatic heterocycles. The molecule has 122 valence electrons. The number of rotatable bonds is 4. The van der Waals surface area contributed by atoms with Gasteiger partial charge in [0.2, 0.25) is 10.0 Å². The summed E-state index contributed by atoms with van der Waals surface area (Å²) in [7, 11) is -3.38. The van der Waals surface area contributed by atoms with Crippen molar-refractivity contribution in [2.45, 2.75) is 41.5 Å². The van der Waals surface area contributed by atoms with E-state index in [0.717, 1.165) is 22.8 Å². The van der Waals surface area contributed by atoms with Gasteiger partial charge in [-0.25, -0.2) is 13.4 Å². The second-order valence-corrected chi connectivity index (χ2v) is 8.81. The molecule has 0 radical (unpaired) electrons. The fourth-order valence-corrected chi connectivity index (χ4v) is 4.99. The topological polar surface area (TPSA) is 50.3 Å². The molecule has 0 atom stereocenters. The van der Waals surface area contributed by atoms with Crippen LogP contribution in [0.2, 0.25) is 0 Å². The molecule has 1 fully saturated rings. The highest BCUT2D eigenvalue weighted by molar-refractivity contribution is 7.99. The normalized spacial score (nSPS) is 15.9. The Kier molecular flexibility index (Phi) is 4.75. The Hall–Kier alpha value is -1.37. The van der Waals surface area contributed by atoms with E-state index in [4.69, 9.17) is 0 Å². The molecule has 0 unspecified atom stereocenters. The lowest BCUT2D eigenvalue weighted by Gasteiger charge is -2.15. The van der Waals surface area contributed by atoms with E-state index in [1.54, 1.807) is 28.2 Å². The van der Waals surface area contributed by atoms with Gasteiger partial charge in [0.25, 0.3) is 0 Å². The zero-order valence-corrected chi connectivity index (χ0v) is 15.0. The quantitative estimate of drug-likeness (QED) is 0.846. The summed E-state index contributed by atoms with van der Waals surface area (Å²) >= 11 is 1.56. The summed E-state index contributed by atoms with van der Waals surface area (Å²) in [4.78, 5) is 5.77. The average molecular weight is 348 g/mol. The predicted octanol–water partition coefficient (Wildman–Crippen LogP) is 3.63. The monoisotopic (exact) mass is 348 g/mol. The van der Waals surface area contributed by atoms with Gasteiger partial charge in [0.1, 0.15) is 9.92 Å². The number of nitrogens with zero attached hydrogens (tertiary/aromatic N) is 2. The Balaban J connectivity index is 1.81. The van der Waals surface area contributed by atoms with Gasteiger partial charge in [-0.3, -0.25) is 0 Å². The van der Waals surface area contributed by atoms with Crippen molar-refractivity contribution in [1.29, 1.82) is 0 Å². The minimum atomic E-state index is -3.38. The fraction of sp³-hybridized carbons (Fsp3) is 0.353. The van der Waals surface area contributed by atoms with Gasteiger partial charge < -0.3 is 0 Å². The van der Waals surface area contributed by atoms with Crippen LogP contribution >= 0.6 is 11.8 Å². The van der Waals surface area contributed by atoms with Crippen molar-refractivity contribution in [3.63, 3.8) is 0 Å². The molecular formula is C17H20N2O2S2. The van der Waals surface area contributed by atoms with E-state index in [1.165, 1.54) is 17.3 Å². The van der Waals surface area contributed by atoms with E-state index in [0.29, 0.717) is 13.1 Å². The largest absolute Gasteiger partial charge is 0.248 e. The first kappa shape index (κ1) is 16.5. The van der Waals surface area contributed by atoms with Crippen LogP contribution in [-0.2, 0) is 10.0 Å². The van der Waals surface area contributed by atoms with Crippen molar-refractivity contribution >= 4 is 21.8 Å². The van der Waals surface area contributed by atoms with Gasteiger partial charge >= 0.3 is 0 Å². The molecule has 6 heteroatoms. The van der Waals surface area contributed by atoms with Gasteiger partial charge in [-0.1, -0.05) is 23.9 Å². The van der Waals surface area contributed by atoms with Gasteiger partial charge in [0.05, 0.1) is 0 Å². The third-order valence-electron chi connectivity index (χ3n) is 3.97. The maximum Gasteiger partial charge on any atom is 0.244 e. The standard InChI is InChI=1S/C17H20N2O2S2/c1-13-5-6-14(2)16(11-13)22-17-8-7-15(12-18-17)23(20,21)19-9-3-4-10-19/h5-8,11-12H,3-4,9-10H2,1-2H3. The lowest BCUT2D eigenvalue weighted by Crippen LogP contribution is -2.27. The van der Waals surface area contributed by atoms with Gasteiger partial charge in [-0.05, 0) is 56.0 Å². The van der Waals surface area contributed by atoms with Crippen molar-refractivity contribution in [3.8, 4) is 0 Å². The molecule has 3 rings (SSSR count). The molecule has 0 spiro atoms. The number of sulfonamides is 1. The molecule has 2 aromatic rings. The minimum Gasteiger partial charge on any atom is -0.248 e. The van der Waals surface area contributed by atoms with Crippen LogP contribution in [0, 0.1) is 13.8 Å². The maximum absolute atomic E-state index is 12.5. The van der Waals surface area contributed by atoms with Crippen LogP contribution in [0.4, 0.5) is 0 Å². The highest BCUT2D eigenvalue weighted by atomic mass is 32.2. The maximum atomic E-state index is 12.5. The first-order valence-corrected chi connectivity index (χ1v) is 9.94. The Morgan fingerprint density at radius 1 is 1.09 bits per heavy atom. The summed E-state index contributed by atoms with van der Waals surface area (Å²) in [6.45, 7) is 5.35. The highest BCUT2D eigenvalue weighted by Gasteiger charge is 2.27. The van der Waals surface area contributed by atoms with Crippen LogP contribution in [-0.4, -0.2) is 30.8 Å². The van der Waals surface area contributed by atoms with Gasteiger partial charge in [-0.2, -0.15) is 4.31 Å². The van der Waals surface area contributed by atoms with Gasteiger partial charge in [-0.15, -0.1) is 0 Å². The number of hydrogen-bond acceptors (Lipinski definition) is 4. The number of benzene rings is 1. The Labute approximate surface area is 142 Å². The molecule has 1 saturated heterocycles. The first-order chi connectivity index (χ1) is 11.0. The molecule has 23 heavy (non-hydrogen) atoms. The Morgan fingerprint density at radius 2 is 1.83 bits per heavy atom. The van der Waals surface area contributed by atoms with Crippen LogP contribution in [0.3, 0.4) is 0 Å². The summed E-state index contributed by atoms with van der Waals surface area (Å²) in [5, 5.41) is 0.805. The number of aryl methyl sites for hydroxylation is 2. The summed E-state index contributed by atoms with van der Waals surface area (Å²) in [6.07, 6.45) is 3.35. The van der Waals surface area contributed by atoms with Crippen molar-refractivity contribution in [1.82, 2.24) is 9.29 Å². The lowest BCUT2D eigenvalue weighted by atomic mass is 10.2. The van der Waals surface area contributed by atoms with E-state index in [-0.39, 0.29) is 4.90 Å². The zero-order valence-electron chi connectivity index (χ0n) is 13.3. The first-order valence-electron chi connectivity index (χ1n) is 7.68. The third kappa shape index (κ3) is 3.59. The second-order valence-electron chi connectivity index (χ2n) is 5.81. The molecule has 0 bridgehead atoms. The lowest BCUT2D eigenvalue weighted by molar-refractivity contribution is 0.477. The zero-order chi connectivity index (χ0) is 16.4. The number of aromatic nitrogens is 1. The predicted molar refractivity (Wildman–Crippen MR) is 92.3 cm³/mol.